The van der Waals surface area contributed by atoms with Crippen LogP contribution in [0.3, 0.4) is 0 Å². The Hall–Kier alpha value is -1.77. The molecule has 0 aliphatic carbocycles. The molecule has 0 saturated carbocycles. The highest BCUT2D eigenvalue weighted by Gasteiger charge is 2.26. The lowest BCUT2D eigenvalue weighted by Crippen LogP contribution is -2.29. The molecule has 70 heavy (non-hydrogen) atoms. The van der Waals surface area contributed by atoms with Crippen LogP contribution in [-0.2, 0) is 32.7 Å². The summed E-state index contributed by atoms with van der Waals surface area (Å²) >= 11 is 0. The molecule has 3 N–H and O–H groups in total. The van der Waals surface area contributed by atoms with Gasteiger partial charge in [0.25, 0.3) is 0 Å². The average Bonchev–Trinajstić information content (AvgIpc) is 3.35. The Kier molecular flexibility index (Phi) is 55.1. The van der Waals surface area contributed by atoms with Crippen LogP contribution in [0, 0.1) is 0 Å². The van der Waals surface area contributed by atoms with E-state index in [1.807, 2.05) is 0 Å². The number of carbonyl (C=O) groups is 2. The van der Waals surface area contributed by atoms with Crippen molar-refractivity contribution in [3.05, 3.63) is 36.5 Å². The molecule has 2 unspecified atom stereocenters. The van der Waals surface area contributed by atoms with Gasteiger partial charge in [-0.05, 0) is 51.4 Å². The van der Waals surface area contributed by atoms with Crippen molar-refractivity contribution in [2.75, 3.05) is 26.4 Å². The summed E-state index contributed by atoms with van der Waals surface area (Å²) in [5.74, 6) is -0.811. The van der Waals surface area contributed by atoms with E-state index in [-0.39, 0.29) is 38.6 Å². The molecule has 0 aromatic carbocycles. The van der Waals surface area contributed by atoms with Crippen LogP contribution in [-0.4, -0.2) is 49.3 Å². The Morgan fingerprint density at radius 2 is 0.743 bits per heavy atom. The number of hydrogen-bond donors (Lipinski definition) is 2. The first-order chi connectivity index (χ1) is 34.3. The number of allylic oxidation sites excluding steroid dienone is 6. The molecule has 0 fully saturated rings. The summed E-state index contributed by atoms with van der Waals surface area (Å²) in [4.78, 5) is 35.2. The monoisotopic (exact) mass is 1010 g/mol. The van der Waals surface area contributed by atoms with E-state index < -0.39 is 26.5 Å². The first-order valence-electron chi connectivity index (χ1n) is 30.0. The van der Waals surface area contributed by atoms with E-state index in [1.54, 1.807) is 0 Å². The molecule has 9 nitrogen and oxygen atoms in total. The van der Waals surface area contributed by atoms with Gasteiger partial charge in [0.2, 0.25) is 0 Å². The summed E-state index contributed by atoms with van der Waals surface area (Å²) < 4.78 is 33.1. The molecule has 10 heteroatoms. The predicted molar refractivity (Wildman–Crippen MR) is 298 cm³/mol. The fraction of sp³-hybridized carbons (Fsp3) is 0.867. The average molecular weight is 1010 g/mol. The number of unbranched alkanes of at least 4 members (excludes halogenated alkanes) is 38. The van der Waals surface area contributed by atoms with Crippen molar-refractivity contribution in [1.82, 2.24) is 0 Å². The molecule has 0 aromatic rings. The van der Waals surface area contributed by atoms with Gasteiger partial charge in [0.15, 0.2) is 6.10 Å². The first-order valence-corrected chi connectivity index (χ1v) is 31.5. The molecule has 2 atom stereocenters. The van der Waals surface area contributed by atoms with Gasteiger partial charge in [0.1, 0.15) is 6.61 Å². The summed E-state index contributed by atoms with van der Waals surface area (Å²) in [5.41, 5.74) is 5.38. The van der Waals surface area contributed by atoms with E-state index in [0.717, 1.165) is 44.9 Å². The molecule has 0 heterocycles. The van der Waals surface area contributed by atoms with Gasteiger partial charge < -0.3 is 20.1 Å². The van der Waals surface area contributed by atoms with E-state index >= 15 is 0 Å². The third kappa shape index (κ3) is 55.5. The van der Waals surface area contributed by atoms with Crippen LogP contribution in [0.15, 0.2) is 36.5 Å². The van der Waals surface area contributed by atoms with Crippen LogP contribution < -0.4 is 5.73 Å². The molecular formula is C60H114NO8P. The number of esters is 2. The van der Waals surface area contributed by atoms with Gasteiger partial charge in [0, 0.05) is 19.4 Å². The number of nitrogens with two attached hydrogens (primary N) is 1. The smallest absolute Gasteiger partial charge is 0.462 e. The van der Waals surface area contributed by atoms with Crippen LogP contribution in [0.2, 0.25) is 0 Å². The van der Waals surface area contributed by atoms with Gasteiger partial charge >= 0.3 is 19.8 Å². The minimum absolute atomic E-state index is 0.0555. The van der Waals surface area contributed by atoms with Gasteiger partial charge in [-0.3, -0.25) is 18.6 Å². The summed E-state index contributed by atoms with van der Waals surface area (Å²) in [7, 11) is -4.38. The normalized spacial score (nSPS) is 13.3. The van der Waals surface area contributed by atoms with E-state index in [9.17, 15) is 19.0 Å². The largest absolute Gasteiger partial charge is 0.472 e. The molecule has 0 saturated heterocycles. The Morgan fingerprint density at radius 1 is 0.429 bits per heavy atom. The van der Waals surface area contributed by atoms with Crippen LogP contribution in [0.5, 0.6) is 0 Å². The van der Waals surface area contributed by atoms with Crippen molar-refractivity contribution in [1.29, 1.82) is 0 Å². The molecule has 0 rings (SSSR count). The Bertz CT molecular complexity index is 1240. The molecule has 0 spiro atoms. The van der Waals surface area contributed by atoms with Gasteiger partial charge in [-0.25, -0.2) is 4.57 Å². The van der Waals surface area contributed by atoms with Crippen molar-refractivity contribution < 1.29 is 37.6 Å². The van der Waals surface area contributed by atoms with Crippen LogP contribution in [0.1, 0.15) is 303 Å². The van der Waals surface area contributed by atoms with Crippen LogP contribution in [0.4, 0.5) is 0 Å². The van der Waals surface area contributed by atoms with E-state index in [1.165, 1.54) is 225 Å². The lowest BCUT2D eigenvalue weighted by Gasteiger charge is -2.19. The van der Waals surface area contributed by atoms with Gasteiger partial charge in [-0.2, -0.15) is 0 Å². The zero-order valence-corrected chi connectivity index (χ0v) is 46.9. The first kappa shape index (κ1) is 68.2. The second kappa shape index (κ2) is 56.5. The highest BCUT2D eigenvalue weighted by molar-refractivity contribution is 7.47. The summed E-state index contributed by atoms with van der Waals surface area (Å²) in [6, 6.07) is 0. The fourth-order valence-electron chi connectivity index (χ4n) is 8.82. The van der Waals surface area contributed by atoms with Gasteiger partial charge in [-0.1, -0.05) is 275 Å². The highest BCUT2D eigenvalue weighted by atomic mass is 31.2. The van der Waals surface area contributed by atoms with Crippen molar-refractivity contribution in [3.8, 4) is 0 Å². The molecule has 0 aliphatic rings. The molecule has 0 radical (unpaired) electrons. The van der Waals surface area contributed by atoms with E-state index in [2.05, 4.69) is 50.3 Å². The van der Waals surface area contributed by atoms with Crippen LogP contribution in [0.25, 0.3) is 0 Å². The number of carbonyl (C=O) groups excluding carboxylic acids is 2. The molecule has 0 aliphatic heterocycles. The molecule has 0 amide bonds. The molecule has 0 bridgehead atoms. The molecule has 412 valence electrons. The maximum atomic E-state index is 12.7. The van der Waals surface area contributed by atoms with Gasteiger partial charge in [-0.15, -0.1) is 0 Å². The minimum Gasteiger partial charge on any atom is -0.462 e. The van der Waals surface area contributed by atoms with Crippen molar-refractivity contribution in [3.63, 3.8) is 0 Å². The number of ether oxygens (including phenoxy) is 2. The summed E-state index contributed by atoms with van der Waals surface area (Å²) in [6.07, 6.45) is 67.8. The zero-order valence-electron chi connectivity index (χ0n) is 46.0. The topological polar surface area (TPSA) is 134 Å². The summed E-state index contributed by atoms with van der Waals surface area (Å²) in [5, 5.41) is 0. The number of phosphoric ester groups is 1. The lowest BCUT2D eigenvalue weighted by molar-refractivity contribution is -0.161. The highest BCUT2D eigenvalue weighted by Crippen LogP contribution is 2.43. The third-order valence-electron chi connectivity index (χ3n) is 13.3. The van der Waals surface area contributed by atoms with Gasteiger partial charge in [0.05, 0.1) is 13.2 Å². The fourth-order valence-corrected chi connectivity index (χ4v) is 9.59. The number of rotatable bonds is 57. The quantitative estimate of drug-likeness (QED) is 0.0264. The third-order valence-corrected chi connectivity index (χ3v) is 14.3. The van der Waals surface area contributed by atoms with Crippen LogP contribution >= 0.6 is 7.82 Å². The molecule has 0 aromatic heterocycles. The Morgan fingerprint density at radius 3 is 1.10 bits per heavy atom. The van der Waals surface area contributed by atoms with E-state index in [4.69, 9.17) is 24.3 Å². The second-order valence-corrected chi connectivity index (χ2v) is 21.7. The Balaban J connectivity index is 3.89. The maximum absolute atomic E-state index is 12.7. The van der Waals surface area contributed by atoms with Crippen molar-refractivity contribution in [2.45, 2.75) is 309 Å². The maximum Gasteiger partial charge on any atom is 0.472 e. The second-order valence-electron chi connectivity index (χ2n) is 20.2. The van der Waals surface area contributed by atoms with E-state index in [0.29, 0.717) is 6.42 Å². The lowest BCUT2D eigenvalue weighted by atomic mass is 10.0. The standard InChI is InChI=1S/C60H114NO8P/c1-3-5-7-9-11-13-15-17-19-21-23-24-25-26-27-28-29-30-31-32-33-34-35-37-39-41-43-45-47-49-51-53-60(63)69-58(57-68-70(64,65)67-55-54-61)56-66-59(62)52-50-48-46-44-42-40-38-36-22-20-18-16-14-12-10-8-6-4-2/h15,17,21,23,25-26,58H,3-14,16,18-20,22,24,27-57,61H2,1-2H3,(H,64,65)/b17-15-,23-21-,26-25-. The number of phosphoric acid groups is 1. The SMILES string of the molecule is CCCCCCC/C=C\C/C=C\C/C=C\CCCCCCCCCCCCCCCCCCC(=O)OC(COC(=O)CCCCCCCCCCCCCCCCCCCC)COP(=O)(O)OCCN. The van der Waals surface area contributed by atoms with Crippen molar-refractivity contribution >= 4 is 19.8 Å². The summed E-state index contributed by atoms with van der Waals surface area (Å²) in [6.45, 7) is 3.78. The predicted octanol–water partition coefficient (Wildman–Crippen LogP) is 18.8. The molecular weight excluding hydrogens is 894 g/mol. The van der Waals surface area contributed by atoms with Crippen molar-refractivity contribution in [2.24, 2.45) is 5.73 Å². The minimum atomic E-state index is -4.38. The Labute approximate surface area is 433 Å². The number of hydrogen-bond acceptors (Lipinski definition) is 8. The zero-order chi connectivity index (χ0) is 51.0.